The number of benzene rings is 1. The van der Waals surface area contributed by atoms with Crippen molar-refractivity contribution in [2.24, 2.45) is 0 Å². The molecule has 0 aromatic heterocycles. The molecule has 0 aliphatic carbocycles. The van der Waals surface area contributed by atoms with Gasteiger partial charge in [-0.2, -0.15) is 5.06 Å². The number of halogens is 1. The molecule has 0 aliphatic rings. The van der Waals surface area contributed by atoms with E-state index in [1.165, 1.54) is 18.2 Å². The largest absolute Gasteiger partial charge is 0.508 e. The van der Waals surface area contributed by atoms with E-state index in [0.29, 0.717) is 5.06 Å². The highest BCUT2D eigenvalue weighted by Gasteiger charge is 2.23. The van der Waals surface area contributed by atoms with Crippen molar-refractivity contribution >= 4 is 23.4 Å². The number of carbonyl (C=O) groups excluding carboxylic acids is 1. The molecule has 0 fully saturated rings. The van der Waals surface area contributed by atoms with E-state index < -0.39 is 11.7 Å². The summed E-state index contributed by atoms with van der Waals surface area (Å²) in [4.78, 5) is 11.5. The third kappa shape index (κ3) is 3.80. The Morgan fingerprint density at radius 2 is 2.00 bits per heavy atom. The highest BCUT2D eigenvalue weighted by Crippen LogP contribution is 2.29. The Morgan fingerprint density at radius 3 is 2.47 bits per heavy atom. The molecule has 2 N–H and O–H groups in total. The molecule has 0 bridgehead atoms. The summed E-state index contributed by atoms with van der Waals surface area (Å²) in [5.74, 6) is -0.0589. The molecule has 94 valence electrons. The molecule has 0 aliphatic heterocycles. The summed E-state index contributed by atoms with van der Waals surface area (Å²) in [6.07, 6.45) is -0.940. The van der Waals surface area contributed by atoms with Gasteiger partial charge in [0.1, 0.15) is 11.4 Å². The van der Waals surface area contributed by atoms with Gasteiger partial charge in [-0.05, 0) is 32.9 Å². The van der Waals surface area contributed by atoms with Crippen LogP contribution in [0.2, 0.25) is 5.02 Å². The molecule has 5 nitrogen and oxygen atoms in total. The molecule has 1 rings (SSSR count). The third-order valence-electron chi connectivity index (χ3n) is 1.73. The minimum absolute atomic E-state index is 0.0401. The summed E-state index contributed by atoms with van der Waals surface area (Å²) in [6.45, 7) is 5.03. The van der Waals surface area contributed by atoms with Crippen LogP contribution in [0.1, 0.15) is 20.8 Å². The SMILES string of the molecule is CC(C)(C)OC(=O)N(O)c1ccc(O)cc1Cl. The van der Waals surface area contributed by atoms with Gasteiger partial charge in [-0.1, -0.05) is 11.6 Å². The number of hydroxylamine groups is 1. The molecule has 1 aromatic carbocycles. The fourth-order valence-corrected chi connectivity index (χ4v) is 1.33. The van der Waals surface area contributed by atoms with Gasteiger partial charge in [0.25, 0.3) is 0 Å². The number of aromatic hydroxyl groups is 1. The number of hydrogen-bond donors (Lipinski definition) is 2. The third-order valence-corrected chi connectivity index (χ3v) is 2.03. The van der Waals surface area contributed by atoms with E-state index in [4.69, 9.17) is 21.4 Å². The van der Waals surface area contributed by atoms with Gasteiger partial charge in [-0.25, -0.2) is 4.79 Å². The Kier molecular flexibility index (Phi) is 3.85. The van der Waals surface area contributed by atoms with Crippen LogP contribution in [-0.2, 0) is 4.74 Å². The second-order valence-corrected chi connectivity index (χ2v) is 4.84. The predicted molar refractivity (Wildman–Crippen MR) is 63.6 cm³/mol. The molecule has 0 saturated carbocycles. The first kappa shape index (κ1) is 13.6. The average molecular weight is 260 g/mol. The molecule has 17 heavy (non-hydrogen) atoms. The van der Waals surface area contributed by atoms with E-state index in [1.807, 2.05) is 0 Å². The first-order valence-corrected chi connectivity index (χ1v) is 5.29. The molecule has 1 amide bonds. The Morgan fingerprint density at radius 1 is 1.41 bits per heavy atom. The highest BCUT2D eigenvalue weighted by molar-refractivity contribution is 6.33. The van der Waals surface area contributed by atoms with Gasteiger partial charge in [0, 0.05) is 6.07 Å². The second-order valence-electron chi connectivity index (χ2n) is 4.43. The standard InChI is InChI=1S/C11H14ClNO4/c1-11(2,3)17-10(15)13(16)9-5-4-7(14)6-8(9)12/h4-6,14,16H,1-3H3. The molecule has 0 radical (unpaired) electrons. The number of phenols is 1. The number of ether oxygens (including phenoxy) is 1. The minimum Gasteiger partial charge on any atom is -0.508 e. The van der Waals surface area contributed by atoms with Crippen LogP contribution >= 0.6 is 11.6 Å². The van der Waals surface area contributed by atoms with Crippen molar-refractivity contribution in [1.29, 1.82) is 0 Å². The lowest BCUT2D eigenvalue weighted by Gasteiger charge is -2.23. The maximum Gasteiger partial charge on any atom is 0.439 e. The van der Waals surface area contributed by atoms with E-state index >= 15 is 0 Å². The molecule has 0 heterocycles. The van der Waals surface area contributed by atoms with E-state index in [9.17, 15) is 10.0 Å². The van der Waals surface area contributed by atoms with Gasteiger partial charge in [-0.3, -0.25) is 5.21 Å². The van der Waals surface area contributed by atoms with Crippen LogP contribution < -0.4 is 5.06 Å². The van der Waals surface area contributed by atoms with Crippen molar-refractivity contribution in [1.82, 2.24) is 0 Å². The van der Waals surface area contributed by atoms with Gasteiger partial charge >= 0.3 is 6.09 Å². The average Bonchev–Trinajstić information content (AvgIpc) is 2.14. The Bertz CT molecular complexity index is 428. The van der Waals surface area contributed by atoms with Crippen LogP contribution in [0.15, 0.2) is 18.2 Å². The Labute approximate surface area is 104 Å². The lowest BCUT2D eigenvalue weighted by molar-refractivity contribution is 0.0407. The van der Waals surface area contributed by atoms with Crippen LogP contribution in [0, 0.1) is 0 Å². The summed E-state index contributed by atoms with van der Waals surface area (Å²) >= 11 is 5.77. The monoisotopic (exact) mass is 259 g/mol. The van der Waals surface area contributed by atoms with E-state index in [0.717, 1.165) is 0 Å². The van der Waals surface area contributed by atoms with Crippen molar-refractivity contribution in [3.05, 3.63) is 23.2 Å². The van der Waals surface area contributed by atoms with Crippen molar-refractivity contribution in [2.45, 2.75) is 26.4 Å². The maximum absolute atomic E-state index is 11.5. The van der Waals surface area contributed by atoms with Gasteiger partial charge in [0.15, 0.2) is 0 Å². The van der Waals surface area contributed by atoms with Crippen molar-refractivity contribution < 1.29 is 19.8 Å². The Balaban J connectivity index is 2.89. The van der Waals surface area contributed by atoms with Crippen LogP contribution in [0.5, 0.6) is 5.75 Å². The Hall–Kier alpha value is -1.46. The van der Waals surface area contributed by atoms with E-state index in [1.54, 1.807) is 20.8 Å². The minimum atomic E-state index is -0.940. The first-order valence-electron chi connectivity index (χ1n) is 4.91. The molecule has 0 spiro atoms. The van der Waals surface area contributed by atoms with Crippen LogP contribution in [0.4, 0.5) is 10.5 Å². The van der Waals surface area contributed by atoms with Crippen LogP contribution in [0.3, 0.4) is 0 Å². The smallest absolute Gasteiger partial charge is 0.439 e. The molecule has 6 heteroatoms. The normalized spacial score (nSPS) is 11.1. The van der Waals surface area contributed by atoms with Crippen molar-refractivity contribution in [2.75, 3.05) is 5.06 Å². The lowest BCUT2D eigenvalue weighted by atomic mass is 10.2. The van der Waals surface area contributed by atoms with Crippen LogP contribution in [-0.4, -0.2) is 22.0 Å². The number of phenolic OH excluding ortho intramolecular Hbond substituents is 1. The zero-order valence-corrected chi connectivity index (χ0v) is 10.5. The van der Waals surface area contributed by atoms with Crippen molar-refractivity contribution in [3.8, 4) is 5.75 Å². The van der Waals surface area contributed by atoms with E-state index in [2.05, 4.69) is 0 Å². The second kappa shape index (κ2) is 4.81. The number of anilines is 1. The van der Waals surface area contributed by atoms with Crippen molar-refractivity contribution in [3.63, 3.8) is 0 Å². The number of carbonyl (C=O) groups is 1. The number of hydrogen-bond acceptors (Lipinski definition) is 4. The lowest BCUT2D eigenvalue weighted by Crippen LogP contribution is -2.34. The molecule has 1 aromatic rings. The van der Waals surface area contributed by atoms with Gasteiger partial charge in [0.05, 0.1) is 10.7 Å². The molecule has 0 atom stereocenters. The highest BCUT2D eigenvalue weighted by atomic mass is 35.5. The maximum atomic E-state index is 11.5. The fourth-order valence-electron chi connectivity index (χ4n) is 1.07. The molecule has 0 saturated heterocycles. The predicted octanol–water partition coefficient (Wildman–Crippen LogP) is 3.18. The summed E-state index contributed by atoms with van der Waals surface area (Å²) in [5, 5.41) is 19.1. The zero-order chi connectivity index (χ0) is 13.2. The fraction of sp³-hybridized carbons (Fsp3) is 0.364. The van der Waals surface area contributed by atoms with Gasteiger partial charge < -0.3 is 9.84 Å². The zero-order valence-electron chi connectivity index (χ0n) is 9.77. The quantitative estimate of drug-likeness (QED) is 0.600. The summed E-state index contributed by atoms with van der Waals surface area (Å²) < 4.78 is 4.95. The summed E-state index contributed by atoms with van der Waals surface area (Å²) in [6, 6.07) is 3.82. The molecule has 0 unspecified atom stereocenters. The topological polar surface area (TPSA) is 70.0 Å². The van der Waals surface area contributed by atoms with Gasteiger partial charge in [0.2, 0.25) is 0 Å². The number of amides is 1. The van der Waals surface area contributed by atoms with E-state index in [-0.39, 0.29) is 16.5 Å². The number of rotatable bonds is 1. The summed E-state index contributed by atoms with van der Waals surface area (Å²) in [5.41, 5.74) is -0.680. The molecular formula is C11H14ClNO4. The first-order chi connectivity index (χ1) is 7.70. The number of nitrogens with zero attached hydrogens (tertiary/aromatic N) is 1. The molecular weight excluding hydrogens is 246 g/mol. The summed E-state index contributed by atoms with van der Waals surface area (Å²) in [7, 11) is 0. The van der Waals surface area contributed by atoms with Gasteiger partial charge in [-0.15, -0.1) is 0 Å². The van der Waals surface area contributed by atoms with Crippen LogP contribution in [0.25, 0.3) is 0 Å².